The molecule has 1 saturated heterocycles. The van der Waals surface area contributed by atoms with Crippen LogP contribution in [-0.4, -0.2) is 52.8 Å². The number of carbonyl (C=O) groups is 3. The maximum Gasteiger partial charge on any atom is 0.339 e. The van der Waals surface area contributed by atoms with Crippen LogP contribution in [0.3, 0.4) is 0 Å². The molecule has 2 unspecified atom stereocenters. The van der Waals surface area contributed by atoms with Crippen molar-refractivity contribution in [3.8, 4) is 0 Å². The van der Waals surface area contributed by atoms with Gasteiger partial charge in [-0.25, -0.2) is 4.79 Å². The van der Waals surface area contributed by atoms with Crippen LogP contribution in [0.4, 0.5) is 0 Å². The molecule has 0 saturated carbocycles. The Bertz CT molecular complexity index is 707. The van der Waals surface area contributed by atoms with Crippen molar-refractivity contribution in [3.63, 3.8) is 0 Å². The van der Waals surface area contributed by atoms with E-state index in [1.165, 1.54) is 11.8 Å². The molecule has 140 valence electrons. The molecule has 0 aromatic heterocycles. The molecule has 1 aromatic rings. The average Bonchev–Trinajstić information content (AvgIpc) is 2.65. The van der Waals surface area contributed by atoms with Crippen LogP contribution in [0.25, 0.3) is 0 Å². The van der Waals surface area contributed by atoms with Crippen LogP contribution in [0.1, 0.15) is 35.7 Å². The van der Waals surface area contributed by atoms with Crippen LogP contribution < -0.4 is 11.5 Å². The van der Waals surface area contributed by atoms with Crippen LogP contribution in [-0.2, 0) is 19.4 Å². The van der Waals surface area contributed by atoms with Gasteiger partial charge in [0.05, 0.1) is 12.6 Å². The second-order valence-electron chi connectivity index (χ2n) is 5.93. The quantitative estimate of drug-likeness (QED) is 0.313. The molecule has 1 aliphatic rings. The van der Waals surface area contributed by atoms with Crippen LogP contribution in [0.15, 0.2) is 24.3 Å². The third-order valence-corrected chi connectivity index (χ3v) is 4.34. The summed E-state index contributed by atoms with van der Waals surface area (Å²) in [6, 6.07) is 5.77. The Morgan fingerprint density at radius 2 is 1.85 bits per heavy atom. The van der Waals surface area contributed by atoms with Gasteiger partial charge in [0.15, 0.2) is 5.78 Å². The fourth-order valence-corrected chi connectivity index (χ4v) is 2.95. The van der Waals surface area contributed by atoms with Crippen molar-refractivity contribution in [1.29, 1.82) is 0 Å². The fraction of sp³-hybridized carbons (Fsp3) is 0.412. The molecule has 0 aliphatic carbocycles. The van der Waals surface area contributed by atoms with E-state index in [2.05, 4.69) is 4.89 Å². The monoisotopic (exact) mass is 379 g/mol. The molecule has 9 heteroatoms. The molecule has 1 aliphatic heterocycles. The van der Waals surface area contributed by atoms with Gasteiger partial charge < -0.3 is 16.4 Å². The largest absolute Gasteiger partial charge is 0.389 e. The van der Waals surface area contributed by atoms with Crippen molar-refractivity contribution in [1.82, 2.24) is 4.90 Å². The van der Waals surface area contributed by atoms with Crippen molar-refractivity contribution >= 4 is 34.9 Å². The molecule has 1 fully saturated rings. The number of piperidine rings is 1. The van der Waals surface area contributed by atoms with Gasteiger partial charge in [0.25, 0.3) is 0 Å². The van der Waals surface area contributed by atoms with Crippen LogP contribution in [0.2, 0.25) is 0 Å². The first-order valence-corrected chi connectivity index (χ1v) is 8.51. The number of nitrogens with zero attached hydrogens (tertiary/aromatic N) is 1. The van der Waals surface area contributed by atoms with Gasteiger partial charge in [0, 0.05) is 31.0 Å². The van der Waals surface area contributed by atoms with Crippen molar-refractivity contribution in [2.24, 2.45) is 11.5 Å². The molecular formula is C17H21N3O5S. The number of ketones is 1. The molecule has 8 nitrogen and oxygen atoms in total. The van der Waals surface area contributed by atoms with E-state index in [1.54, 1.807) is 24.3 Å². The van der Waals surface area contributed by atoms with Gasteiger partial charge in [-0.3, -0.25) is 14.5 Å². The summed E-state index contributed by atoms with van der Waals surface area (Å²) >= 11 is 4.90. The summed E-state index contributed by atoms with van der Waals surface area (Å²) in [6.45, 7) is 1.31. The molecular weight excluding hydrogens is 358 g/mol. The lowest BCUT2D eigenvalue weighted by molar-refractivity contribution is -0.302. The summed E-state index contributed by atoms with van der Waals surface area (Å²) in [5, 5.41) is 0. The van der Waals surface area contributed by atoms with E-state index in [0.717, 1.165) is 0 Å². The normalized spacial score (nSPS) is 19.7. The Hall–Kier alpha value is -2.36. The van der Waals surface area contributed by atoms with E-state index >= 15 is 0 Å². The lowest BCUT2D eigenvalue weighted by atomic mass is 9.92. The van der Waals surface area contributed by atoms with Crippen LogP contribution in [0, 0.1) is 0 Å². The lowest BCUT2D eigenvalue weighted by Gasteiger charge is -2.37. The summed E-state index contributed by atoms with van der Waals surface area (Å²) in [7, 11) is 0. The first kappa shape index (κ1) is 20.0. The zero-order valence-electron chi connectivity index (χ0n) is 14.3. The van der Waals surface area contributed by atoms with E-state index in [9.17, 15) is 14.4 Å². The van der Waals surface area contributed by atoms with Gasteiger partial charge in [-0.05, 0) is 6.42 Å². The summed E-state index contributed by atoms with van der Waals surface area (Å²) < 4.78 is 0. The number of likely N-dealkylation sites (tertiary alicyclic amines) is 1. The van der Waals surface area contributed by atoms with Crippen molar-refractivity contribution in [3.05, 3.63) is 35.4 Å². The predicted molar refractivity (Wildman–Crippen MR) is 97.1 cm³/mol. The highest BCUT2D eigenvalue weighted by Gasteiger charge is 2.37. The maximum atomic E-state index is 12.9. The van der Waals surface area contributed by atoms with Gasteiger partial charge in [-0.2, -0.15) is 4.89 Å². The first-order chi connectivity index (χ1) is 12.3. The zero-order chi connectivity index (χ0) is 19.3. The summed E-state index contributed by atoms with van der Waals surface area (Å²) in [5.74, 6) is -1.16. The van der Waals surface area contributed by atoms with Gasteiger partial charge in [-0.1, -0.05) is 36.5 Å². The predicted octanol–water partition coefficient (Wildman–Crippen LogP) is 0.317. The van der Waals surface area contributed by atoms with Crippen molar-refractivity contribution < 1.29 is 24.2 Å². The molecule has 0 spiro atoms. The van der Waals surface area contributed by atoms with E-state index in [4.69, 9.17) is 28.6 Å². The summed E-state index contributed by atoms with van der Waals surface area (Å²) in [5.41, 5.74) is 12.1. The minimum atomic E-state index is -0.754. The smallest absolute Gasteiger partial charge is 0.339 e. The highest BCUT2D eigenvalue weighted by Crippen LogP contribution is 2.24. The topological polar surface area (TPSA) is 125 Å². The maximum absolute atomic E-state index is 12.9. The third kappa shape index (κ3) is 4.84. The highest BCUT2D eigenvalue weighted by atomic mass is 32.1. The van der Waals surface area contributed by atoms with E-state index < -0.39 is 18.1 Å². The highest BCUT2D eigenvalue weighted by molar-refractivity contribution is 7.80. The van der Waals surface area contributed by atoms with E-state index in [0.29, 0.717) is 17.5 Å². The number of thiocarbonyl (C=S) groups is 1. The Labute approximate surface area is 156 Å². The number of hydrogen-bond donors (Lipinski definition) is 2. The summed E-state index contributed by atoms with van der Waals surface area (Å²) in [6.07, 6.45) is 0.156. The third-order valence-electron chi connectivity index (χ3n) is 4.11. The zero-order valence-corrected chi connectivity index (χ0v) is 15.2. The molecule has 0 radical (unpaired) electrons. The number of benzene rings is 1. The number of amides is 1. The van der Waals surface area contributed by atoms with Crippen molar-refractivity contribution in [2.75, 3.05) is 13.1 Å². The number of rotatable bonds is 6. The molecule has 0 bridgehead atoms. The average molecular weight is 379 g/mol. The molecule has 1 aromatic carbocycles. The minimum Gasteiger partial charge on any atom is -0.389 e. The van der Waals surface area contributed by atoms with Gasteiger partial charge >= 0.3 is 5.97 Å². The Morgan fingerprint density at radius 1 is 1.23 bits per heavy atom. The number of hydrogen-bond acceptors (Lipinski definition) is 7. The Kier molecular flexibility index (Phi) is 6.78. The standard InChI is InChI=1S/C17H21N3O5S/c1-10(21)24-25-13-6-7-20(15(22)9-18)14(8-13)16(23)11-2-4-12(5-3-11)17(19)26/h2-5,13-14H,6-9,18H2,1H3,(H2,19,26). The Balaban J connectivity index is 2.20. The van der Waals surface area contributed by atoms with Gasteiger partial charge in [-0.15, -0.1) is 0 Å². The van der Waals surface area contributed by atoms with E-state index in [1.807, 2.05) is 0 Å². The molecule has 1 amide bonds. The number of nitrogens with two attached hydrogens (primary N) is 2. The molecule has 26 heavy (non-hydrogen) atoms. The Morgan fingerprint density at radius 3 is 2.38 bits per heavy atom. The molecule has 2 rings (SSSR count). The first-order valence-electron chi connectivity index (χ1n) is 8.11. The molecule has 2 atom stereocenters. The SMILES string of the molecule is CC(=O)OOC1CCN(C(=O)CN)C(C(=O)c2ccc(C(N)=S)cc2)C1. The second kappa shape index (κ2) is 8.84. The second-order valence-corrected chi connectivity index (χ2v) is 6.37. The molecule has 4 N–H and O–H groups in total. The van der Waals surface area contributed by atoms with Crippen LogP contribution >= 0.6 is 12.2 Å². The molecule has 1 heterocycles. The van der Waals surface area contributed by atoms with Gasteiger partial charge in [0.1, 0.15) is 11.1 Å². The number of Topliss-reactive ketones (excluding diaryl/α,β-unsaturated/α-hetero) is 1. The minimum absolute atomic E-state index is 0.195. The summed E-state index contributed by atoms with van der Waals surface area (Å²) in [4.78, 5) is 47.3. The van der Waals surface area contributed by atoms with Crippen LogP contribution in [0.5, 0.6) is 0 Å². The van der Waals surface area contributed by atoms with Crippen molar-refractivity contribution in [2.45, 2.75) is 31.9 Å². The fourth-order valence-electron chi connectivity index (χ4n) is 2.81. The van der Waals surface area contributed by atoms with E-state index in [-0.39, 0.29) is 36.2 Å². The van der Waals surface area contributed by atoms with Gasteiger partial charge in [0.2, 0.25) is 5.91 Å². The lowest BCUT2D eigenvalue weighted by Crippen LogP contribution is -2.53. The number of carbonyl (C=O) groups excluding carboxylic acids is 3.